The number of hydrogen-bond acceptors (Lipinski definition) is 1. The van der Waals surface area contributed by atoms with Crippen molar-refractivity contribution >= 4 is 5.78 Å². The van der Waals surface area contributed by atoms with E-state index in [9.17, 15) is 9.18 Å². The second kappa shape index (κ2) is 5.30. The molecule has 0 aromatic heterocycles. The Balaban J connectivity index is 1.61. The number of hydrogen-bond donors (Lipinski definition) is 0. The number of ketones is 1. The molecule has 0 aromatic rings. The van der Waals surface area contributed by atoms with Gasteiger partial charge in [-0.3, -0.25) is 4.79 Å². The topological polar surface area (TPSA) is 17.1 Å². The van der Waals surface area contributed by atoms with Crippen LogP contribution in [0.15, 0.2) is 0 Å². The summed E-state index contributed by atoms with van der Waals surface area (Å²) < 4.78 is 13.9. The van der Waals surface area contributed by atoms with E-state index >= 15 is 0 Å². The standard InChI is InChI=1S/C21H33FO/c1-13(23)17-6-7-18-16-5-4-14-12-15(22)8-10-20(14,2)19(16)9-11-21(17,18)3/h14-19H,4-12H2,1-3H3/t14?,15?,16-,17+,18-,19-,20-,21+/m0/s1. The van der Waals surface area contributed by atoms with E-state index in [1.165, 1.54) is 32.1 Å². The van der Waals surface area contributed by atoms with Crippen molar-refractivity contribution in [2.45, 2.75) is 84.7 Å². The van der Waals surface area contributed by atoms with Crippen molar-refractivity contribution in [1.82, 2.24) is 0 Å². The highest BCUT2D eigenvalue weighted by molar-refractivity contribution is 5.79. The smallest absolute Gasteiger partial charge is 0.133 e. The lowest BCUT2D eigenvalue weighted by atomic mass is 9.44. The summed E-state index contributed by atoms with van der Waals surface area (Å²) in [6.07, 6.45) is 9.56. The molecule has 4 fully saturated rings. The van der Waals surface area contributed by atoms with Gasteiger partial charge in [-0.25, -0.2) is 4.39 Å². The lowest BCUT2D eigenvalue weighted by Crippen LogP contribution is -2.54. The monoisotopic (exact) mass is 320 g/mol. The summed E-state index contributed by atoms with van der Waals surface area (Å²) in [5.41, 5.74) is 0.634. The number of alkyl halides is 1. The molecule has 0 spiro atoms. The molecule has 2 unspecified atom stereocenters. The number of Topliss-reactive ketones (excluding diaryl/α,β-unsaturated/α-hetero) is 1. The van der Waals surface area contributed by atoms with Gasteiger partial charge in [0.25, 0.3) is 0 Å². The average molecular weight is 320 g/mol. The fourth-order valence-corrected chi connectivity index (χ4v) is 7.87. The first-order valence-corrected chi connectivity index (χ1v) is 10.0. The Kier molecular flexibility index (Phi) is 3.71. The van der Waals surface area contributed by atoms with Crippen LogP contribution in [0.2, 0.25) is 0 Å². The minimum Gasteiger partial charge on any atom is -0.300 e. The van der Waals surface area contributed by atoms with E-state index in [0.29, 0.717) is 23.0 Å². The van der Waals surface area contributed by atoms with Gasteiger partial charge in [-0.05, 0) is 99.2 Å². The predicted octanol–water partition coefficient (Wildman–Crippen LogP) is 5.57. The number of rotatable bonds is 1. The lowest BCUT2D eigenvalue weighted by molar-refractivity contribution is -0.135. The Hall–Kier alpha value is -0.400. The fraction of sp³-hybridized carbons (Fsp3) is 0.952. The van der Waals surface area contributed by atoms with Crippen LogP contribution in [0.25, 0.3) is 0 Å². The molecule has 0 saturated heterocycles. The van der Waals surface area contributed by atoms with Crippen molar-refractivity contribution < 1.29 is 9.18 Å². The molecular formula is C21H33FO. The summed E-state index contributed by atoms with van der Waals surface area (Å²) in [7, 11) is 0. The molecule has 0 N–H and O–H groups in total. The molecule has 4 aliphatic carbocycles. The lowest BCUT2D eigenvalue weighted by Gasteiger charge is -2.60. The molecule has 4 saturated carbocycles. The predicted molar refractivity (Wildman–Crippen MR) is 90.8 cm³/mol. The third kappa shape index (κ3) is 2.19. The highest BCUT2D eigenvalue weighted by atomic mass is 19.1. The molecule has 0 aromatic carbocycles. The van der Waals surface area contributed by atoms with Crippen molar-refractivity contribution in [3.05, 3.63) is 0 Å². The first-order chi connectivity index (χ1) is 10.9. The molecule has 0 heterocycles. The van der Waals surface area contributed by atoms with Gasteiger partial charge in [-0.1, -0.05) is 13.8 Å². The van der Waals surface area contributed by atoms with Crippen molar-refractivity contribution in [2.24, 2.45) is 40.4 Å². The number of halogens is 1. The van der Waals surface area contributed by atoms with Gasteiger partial charge in [0.15, 0.2) is 0 Å². The number of fused-ring (bicyclic) bond motifs is 5. The van der Waals surface area contributed by atoms with Crippen LogP contribution in [0.3, 0.4) is 0 Å². The van der Waals surface area contributed by atoms with E-state index in [1.807, 2.05) is 6.92 Å². The Morgan fingerprint density at radius 3 is 2.35 bits per heavy atom. The fourth-order valence-electron chi connectivity index (χ4n) is 7.87. The normalized spacial score (nSPS) is 55.7. The van der Waals surface area contributed by atoms with Crippen LogP contribution in [0.1, 0.15) is 78.6 Å². The molecule has 0 amide bonds. The molecule has 8 atom stereocenters. The molecular weight excluding hydrogens is 287 g/mol. The maximum Gasteiger partial charge on any atom is 0.133 e. The zero-order valence-corrected chi connectivity index (χ0v) is 15.1. The summed E-state index contributed by atoms with van der Waals surface area (Å²) >= 11 is 0. The largest absolute Gasteiger partial charge is 0.300 e. The quantitative estimate of drug-likeness (QED) is 0.617. The summed E-state index contributed by atoms with van der Waals surface area (Å²) in [5.74, 6) is 3.68. The first kappa shape index (κ1) is 16.1. The molecule has 23 heavy (non-hydrogen) atoms. The van der Waals surface area contributed by atoms with Gasteiger partial charge in [-0.15, -0.1) is 0 Å². The van der Waals surface area contributed by atoms with E-state index in [-0.39, 0.29) is 5.41 Å². The van der Waals surface area contributed by atoms with Crippen molar-refractivity contribution in [3.8, 4) is 0 Å². The van der Waals surface area contributed by atoms with E-state index in [4.69, 9.17) is 0 Å². The Morgan fingerprint density at radius 1 is 0.913 bits per heavy atom. The number of carbonyl (C=O) groups is 1. The number of carbonyl (C=O) groups excluding carboxylic acids is 1. The average Bonchev–Trinajstić information content (AvgIpc) is 2.85. The molecule has 0 aliphatic heterocycles. The van der Waals surface area contributed by atoms with Gasteiger partial charge < -0.3 is 0 Å². The van der Waals surface area contributed by atoms with Crippen LogP contribution in [-0.4, -0.2) is 12.0 Å². The molecule has 4 rings (SSSR count). The zero-order valence-electron chi connectivity index (χ0n) is 15.1. The van der Waals surface area contributed by atoms with E-state index < -0.39 is 6.17 Å². The summed E-state index contributed by atoms with van der Waals surface area (Å²) in [5, 5.41) is 0. The second-order valence-electron chi connectivity index (χ2n) is 9.81. The van der Waals surface area contributed by atoms with Gasteiger partial charge in [-0.2, -0.15) is 0 Å². The highest BCUT2D eigenvalue weighted by Gasteiger charge is 2.60. The Morgan fingerprint density at radius 2 is 1.61 bits per heavy atom. The summed E-state index contributed by atoms with van der Waals surface area (Å²) in [4.78, 5) is 12.2. The van der Waals surface area contributed by atoms with Crippen LogP contribution < -0.4 is 0 Å². The van der Waals surface area contributed by atoms with Gasteiger partial charge in [0.1, 0.15) is 12.0 Å². The van der Waals surface area contributed by atoms with Crippen molar-refractivity contribution in [2.75, 3.05) is 0 Å². The third-order valence-corrected chi connectivity index (χ3v) is 9.09. The van der Waals surface area contributed by atoms with Gasteiger partial charge in [0.05, 0.1) is 0 Å². The maximum absolute atomic E-state index is 13.9. The van der Waals surface area contributed by atoms with E-state index in [0.717, 1.165) is 43.4 Å². The van der Waals surface area contributed by atoms with Crippen LogP contribution >= 0.6 is 0 Å². The third-order valence-electron chi connectivity index (χ3n) is 9.09. The molecule has 1 nitrogen and oxygen atoms in total. The molecule has 130 valence electrons. The van der Waals surface area contributed by atoms with Crippen LogP contribution in [0, 0.1) is 40.4 Å². The van der Waals surface area contributed by atoms with Crippen LogP contribution in [0.5, 0.6) is 0 Å². The minimum atomic E-state index is -0.549. The zero-order chi connectivity index (χ0) is 16.4. The highest BCUT2D eigenvalue weighted by Crippen LogP contribution is 2.67. The maximum atomic E-state index is 13.9. The minimum absolute atomic E-state index is 0.257. The Labute approximate surface area is 140 Å². The Bertz CT molecular complexity index is 502. The van der Waals surface area contributed by atoms with E-state index in [2.05, 4.69) is 13.8 Å². The van der Waals surface area contributed by atoms with Gasteiger partial charge >= 0.3 is 0 Å². The summed E-state index contributed by atoms with van der Waals surface area (Å²) in [6.45, 7) is 6.71. The molecule has 0 bridgehead atoms. The molecule has 4 aliphatic rings. The van der Waals surface area contributed by atoms with Crippen molar-refractivity contribution in [3.63, 3.8) is 0 Å². The molecule has 0 radical (unpaired) electrons. The van der Waals surface area contributed by atoms with Crippen LogP contribution in [0.4, 0.5) is 4.39 Å². The first-order valence-electron chi connectivity index (χ1n) is 10.0. The van der Waals surface area contributed by atoms with E-state index in [1.54, 1.807) is 0 Å². The SMILES string of the molecule is CC(=O)[C@H]1CC[C@H]2[C@@H]3CCC4CC(F)CC[C@]4(C)[C@H]3CC[C@]12C. The van der Waals surface area contributed by atoms with Crippen molar-refractivity contribution in [1.29, 1.82) is 0 Å². The molecule has 2 heteroatoms. The summed E-state index contributed by atoms with van der Waals surface area (Å²) in [6, 6.07) is 0. The second-order valence-corrected chi connectivity index (χ2v) is 9.81. The van der Waals surface area contributed by atoms with Crippen LogP contribution in [-0.2, 0) is 4.79 Å². The van der Waals surface area contributed by atoms with Gasteiger partial charge in [0.2, 0.25) is 0 Å². The van der Waals surface area contributed by atoms with Gasteiger partial charge in [0, 0.05) is 5.92 Å².